The van der Waals surface area contributed by atoms with E-state index < -0.39 is 53.8 Å². The number of nitrogens with two attached hydrogens (primary N) is 1. The van der Waals surface area contributed by atoms with Gasteiger partial charge in [0.2, 0.25) is 17.7 Å². The van der Waals surface area contributed by atoms with E-state index in [1.165, 1.54) is 11.8 Å². The van der Waals surface area contributed by atoms with Crippen molar-refractivity contribution in [1.82, 2.24) is 16.0 Å². The summed E-state index contributed by atoms with van der Waals surface area (Å²) >= 11 is 5.32. The normalized spacial score (nSPS) is 14.7. The minimum absolute atomic E-state index is 0.135. The Morgan fingerprint density at radius 1 is 0.906 bits per heavy atom. The third kappa shape index (κ3) is 12.2. The number of carbonyl (C=O) groups excluding carboxylic acids is 3. The van der Waals surface area contributed by atoms with Gasteiger partial charge in [0, 0.05) is 12.2 Å². The monoisotopic (exact) mass is 494 g/mol. The molecule has 0 rings (SSSR count). The largest absolute Gasteiger partial charge is 0.481 e. The Balaban J connectivity index is 5.42. The minimum atomic E-state index is -1.27. The lowest BCUT2D eigenvalue weighted by Gasteiger charge is -2.25. The van der Waals surface area contributed by atoms with Gasteiger partial charge >= 0.3 is 11.9 Å². The summed E-state index contributed by atoms with van der Waals surface area (Å²) in [7, 11) is 0. The molecule has 3 amide bonds. The number of amides is 3. The molecule has 0 fully saturated rings. The number of hydrogen-bond donors (Lipinski definition) is 7. The van der Waals surface area contributed by atoms with E-state index in [2.05, 4.69) is 28.6 Å². The van der Waals surface area contributed by atoms with Crippen molar-refractivity contribution in [2.45, 2.75) is 63.7 Å². The van der Waals surface area contributed by atoms with Crippen LogP contribution < -0.4 is 21.7 Å². The smallest absolute Gasteiger partial charge is 0.327 e. The van der Waals surface area contributed by atoms with Crippen LogP contribution in [0, 0.1) is 5.92 Å². The van der Waals surface area contributed by atoms with Crippen LogP contribution in [0.3, 0.4) is 0 Å². The van der Waals surface area contributed by atoms with Crippen LogP contribution in [0.2, 0.25) is 0 Å². The van der Waals surface area contributed by atoms with Crippen molar-refractivity contribution in [1.29, 1.82) is 0 Å². The van der Waals surface area contributed by atoms with Crippen molar-refractivity contribution in [3.63, 3.8) is 0 Å². The lowest BCUT2D eigenvalue weighted by Crippen LogP contribution is -2.57. The molecule has 0 aromatic heterocycles. The highest BCUT2D eigenvalue weighted by Gasteiger charge is 2.30. The molecule has 0 saturated carbocycles. The molecule has 0 aliphatic rings. The molecule has 32 heavy (non-hydrogen) atoms. The number of rotatable bonds is 16. The molecule has 7 N–H and O–H groups in total. The highest BCUT2D eigenvalue weighted by atomic mass is 32.2. The Morgan fingerprint density at radius 3 is 1.84 bits per heavy atom. The van der Waals surface area contributed by atoms with Gasteiger partial charge in [0.25, 0.3) is 0 Å². The second-order valence-corrected chi connectivity index (χ2v) is 9.01. The molecule has 0 bridgehead atoms. The predicted octanol–water partition coefficient (Wildman–Crippen LogP) is -0.553. The first-order valence-corrected chi connectivity index (χ1v) is 12.2. The van der Waals surface area contributed by atoms with Crippen LogP contribution in [0.25, 0.3) is 0 Å². The standard InChI is InChI=1S/C19H34N4O7S2/c1-10(2)8-11(20)16(26)21-12(4-5-15(24)25)17(27)22-13(6-7-32-3)18(28)23-14(9-31)19(29)30/h10-14,31H,4-9,20H2,1-3H3,(H,21,26)(H,22,27)(H,23,28)(H,24,25)(H,29,30). The highest BCUT2D eigenvalue weighted by molar-refractivity contribution is 7.98. The van der Waals surface area contributed by atoms with Gasteiger partial charge in [-0.1, -0.05) is 13.8 Å². The van der Waals surface area contributed by atoms with E-state index in [0.29, 0.717) is 12.2 Å². The summed E-state index contributed by atoms with van der Waals surface area (Å²) < 4.78 is 0. The van der Waals surface area contributed by atoms with E-state index in [4.69, 9.17) is 15.9 Å². The van der Waals surface area contributed by atoms with Crippen LogP contribution in [0.15, 0.2) is 0 Å². The van der Waals surface area contributed by atoms with E-state index in [1.807, 2.05) is 13.8 Å². The molecule has 0 aromatic rings. The molecule has 0 radical (unpaired) electrons. The summed E-state index contributed by atoms with van der Waals surface area (Å²) in [6.45, 7) is 3.76. The summed E-state index contributed by atoms with van der Waals surface area (Å²) in [5, 5.41) is 25.4. The van der Waals surface area contributed by atoms with Gasteiger partial charge in [-0.25, -0.2) is 4.79 Å². The van der Waals surface area contributed by atoms with Crippen molar-refractivity contribution < 1.29 is 34.2 Å². The fourth-order valence-corrected chi connectivity index (χ4v) is 3.38. The molecule has 0 spiro atoms. The van der Waals surface area contributed by atoms with Gasteiger partial charge in [-0.05, 0) is 37.2 Å². The first-order chi connectivity index (χ1) is 14.9. The lowest BCUT2D eigenvalue weighted by molar-refractivity contribution is -0.141. The van der Waals surface area contributed by atoms with E-state index in [9.17, 15) is 24.0 Å². The molecule has 0 aliphatic carbocycles. The molecule has 13 heteroatoms. The van der Waals surface area contributed by atoms with Gasteiger partial charge in [0.15, 0.2) is 0 Å². The summed E-state index contributed by atoms with van der Waals surface area (Å²) in [5.41, 5.74) is 5.85. The Hall–Kier alpha value is -1.99. The number of carboxylic acid groups (broad SMARTS) is 2. The quantitative estimate of drug-likeness (QED) is 0.138. The first kappa shape index (κ1) is 30.0. The number of thioether (sulfide) groups is 1. The van der Waals surface area contributed by atoms with Crippen molar-refractivity contribution >= 4 is 54.1 Å². The maximum Gasteiger partial charge on any atom is 0.327 e. The number of hydrogen-bond acceptors (Lipinski definition) is 8. The third-order valence-corrected chi connectivity index (χ3v) is 5.39. The summed E-state index contributed by atoms with van der Waals surface area (Å²) in [5.74, 6) is -4.01. The lowest BCUT2D eigenvalue weighted by atomic mass is 10.0. The molecule has 184 valence electrons. The average molecular weight is 495 g/mol. The summed E-state index contributed by atoms with van der Waals surface area (Å²) in [6.07, 6.45) is 1.78. The fourth-order valence-electron chi connectivity index (χ4n) is 2.66. The SMILES string of the molecule is CSCCC(NC(=O)C(CCC(=O)O)NC(=O)C(N)CC(C)C)C(=O)NC(CS)C(=O)O. The zero-order chi connectivity index (χ0) is 24.8. The highest BCUT2D eigenvalue weighted by Crippen LogP contribution is 2.07. The average Bonchev–Trinajstić information content (AvgIpc) is 2.70. The zero-order valence-electron chi connectivity index (χ0n) is 18.5. The van der Waals surface area contributed by atoms with Crippen molar-refractivity contribution in [3.8, 4) is 0 Å². The Bertz CT molecular complexity index is 664. The number of carboxylic acids is 2. The first-order valence-electron chi connectivity index (χ1n) is 10.1. The van der Waals surface area contributed by atoms with E-state index in [-0.39, 0.29) is 30.9 Å². The number of aliphatic carboxylic acids is 2. The fraction of sp³-hybridized carbons (Fsp3) is 0.737. The van der Waals surface area contributed by atoms with Gasteiger partial charge in [0.1, 0.15) is 18.1 Å². The zero-order valence-corrected chi connectivity index (χ0v) is 20.2. The summed E-state index contributed by atoms with van der Waals surface area (Å²) in [6, 6.07) is -4.42. The van der Waals surface area contributed by atoms with Crippen LogP contribution in [0.1, 0.15) is 39.5 Å². The molecule has 0 aliphatic heterocycles. The molecule has 11 nitrogen and oxygen atoms in total. The number of thiol groups is 1. The Labute approximate surface area is 197 Å². The van der Waals surface area contributed by atoms with Gasteiger partial charge in [-0.2, -0.15) is 24.4 Å². The second kappa shape index (κ2) is 15.8. The van der Waals surface area contributed by atoms with Gasteiger partial charge in [-0.15, -0.1) is 0 Å². The molecule has 0 heterocycles. The van der Waals surface area contributed by atoms with Gasteiger partial charge in [-0.3, -0.25) is 19.2 Å². The second-order valence-electron chi connectivity index (χ2n) is 7.65. The maximum absolute atomic E-state index is 12.8. The van der Waals surface area contributed by atoms with Crippen LogP contribution in [-0.2, 0) is 24.0 Å². The topological polar surface area (TPSA) is 188 Å². The van der Waals surface area contributed by atoms with Gasteiger partial charge < -0.3 is 31.9 Å². The number of nitrogens with one attached hydrogen (secondary N) is 3. The Kier molecular flexibility index (Phi) is 14.8. The minimum Gasteiger partial charge on any atom is -0.481 e. The van der Waals surface area contributed by atoms with E-state index >= 15 is 0 Å². The number of carbonyl (C=O) groups is 5. The van der Waals surface area contributed by atoms with Crippen LogP contribution in [-0.4, -0.2) is 81.8 Å². The van der Waals surface area contributed by atoms with Crippen molar-refractivity contribution in [2.24, 2.45) is 11.7 Å². The van der Waals surface area contributed by atoms with E-state index in [0.717, 1.165) is 0 Å². The predicted molar refractivity (Wildman–Crippen MR) is 125 cm³/mol. The molecular formula is C19H34N4O7S2. The molecule has 0 saturated heterocycles. The van der Waals surface area contributed by atoms with E-state index in [1.54, 1.807) is 6.26 Å². The molecule has 0 aromatic carbocycles. The van der Waals surface area contributed by atoms with Crippen LogP contribution >= 0.6 is 24.4 Å². The molecule has 4 atom stereocenters. The van der Waals surface area contributed by atoms with Crippen molar-refractivity contribution in [2.75, 3.05) is 17.8 Å². The van der Waals surface area contributed by atoms with Crippen LogP contribution in [0.4, 0.5) is 0 Å². The van der Waals surface area contributed by atoms with Crippen molar-refractivity contribution in [3.05, 3.63) is 0 Å². The Morgan fingerprint density at radius 2 is 1.41 bits per heavy atom. The third-order valence-electron chi connectivity index (χ3n) is 4.38. The maximum atomic E-state index is 12.8. The van der Waals surface area contributed by atoms with Gasteiger partial charge in [0.05, 0.1) is 6.04 Å². The summed E-state index contributed by atoms with van der Waals surface area (Å²) in [4.78, 5) is 59.9. The van der Waals surface area contributed by atoms with Crippen LogP contribution in [0.5, 0.6) is 0 Å². The molecule has 4 unspecified atom stereocenters. The molecular weight excluding hydrogens is 460 g/mol.